The molecule has 1 fully saturated rings. The molecule has 0 bridgehead atoms. The van der Waals surface area contributed by atoms with Crippen LogP contribution < -0.4 is 0 Å². The molecule has 0 radical (unpaired) electrons. The molecule has 3 nitrogen and oxygen atoms in total. The topological polar surface area (TPSA) is 50.4 Å². The fourth-order valence-corrected chi connectivity index (χ4v) is 3.52. The maximum atomic E-state index is 11.1. The van der Waals surface area contributed by atoms with Crippen molar-refractivity contribution < 1.29 is 14.3 Å². The Morgan fingerprint density at radius 2 is 2.31 bits per heavy atom. The Bertz CT molecular complexity index is 334. The molecule has 16 heavy (non-hydrogen) atoms. The van der Waals surface area contributed by atoms with Crippen LogP contribution in [0.4, 0.5) is 0 Å². The van der Waals surface area contributed by atoms with Gasteiger partial charge in [-0.25, -0.2) is 0 Å². The summed E-state index contributed by atoms with van der Waals surface area (Å²) in [7, 11) is 0. The Morgan fingerprint density at radius 3 is 3.00 bits per heavy atom. The van der Waals surface area contributed by atoms with Gasteiger partial charge in [-0.2, -0.15) is 0 Å². The number of hydrogen-bond acceptors (Lipinski definition) is 3. The second-order valence-electron chi connectivity index (χ2n) is 4.16. The molecule has 2 rings (SSSR count). The van der Waals surface area contributed by atoms with Crippen LogP contribution in [0, 0.1) is 5.92 Å². The number of aliphatic carboxylic acids is 1. The maximum absolute atomic E-state index is 11.1. The highest BCUT2D eigenvalue weighted by Crippen LogP contribution is 2.35. The summed E-state index contributed by atoms with van der Waals surface area (Å²) in [5.41, 5.74) is 0. The van der Waals surface area contributed by atoms with Crippen molar-refractivity contribution in [3.05, 3.63) is 24.2 Å². The molecule has 0 aliphatic heterocycles. The summed E-state index contributed by atoms with van der Waals surface area (Å²) < 4.78 is 5.25. The summed E-state index contributed by atoms with van der Waals surface area (Å²) in [5, 5.41) is 9.38. The second-order valence-corrected chi connectivity index (χ2v) is 5.39. The molecule has 0 spiro atoms. The minimum absolute atomic E-state index is 0.172. The fourth-order valence-electron chi connectivity index (χ4n) is 2.16. The quantitative estimate of drug-likeness (QED) is 0.878. The third-order valence-corrected chi connectivity index (χ3v) is 4.48. The van der Waals surface area contributed by atoms with Crippen LogP contribution in [-0.4, -0.2) is 16.3 Å². The van der Waals surface area contributed by atoms with E-state index in [1.165, 1.54) is 0 Å². The van der Waals surface area contributed by atoms with E-state index >= 15 is 0 Å². The number of rotatable bonds is 4. The van der Waals surface area contributed by atoms with Crippen LogP contribution in [0.3, 0.4) is 0 Å². The predicted octanol–water partition coefficient (Wildman–Crippen LogP) is 3.16. The van der Waals surface area contributed by atoms with Crippen LogP contribution in [-0.2, 0) is 10.5 Å². The van der Waals surface area contributed by atoms with Gasteiger partial charge in [-0.05, 0) is 25.0 Å². The van der Waals surface area contributed by atoms with Crippen molar-refractivity contribution in [1.29, 1.82) is 0 Å². The molecule has 0 amide bonds. The van der Waals surface area contributed by atoms with Crippen LogP contribution in [0.1, 0.15) is 31.4 Å². The lowest BCUT2D eigenvalue weighted by Gasteiger charge is -2.27. The van der Waals surface area contributed by atoms with Gasteiger partial charge in [-0.15, -0.1) is 11.8 Å². The molecule has 1 aliphatic rings. The average molecular weight is 240 g/mol. The first-order valence-corrected chi connectivity index (χ1v) is 6.69. The molecule has 2 atom stereocenters. The van der Waals surface area contributed by atoms with E-state index in [-0.39, 0.29) is 11.2 Å². The molecule has 1 aromatic heterocycles. The van der Waals surface area contributed by atoms with E-state index in [2.05, 4.69) is 0 Å². The lowest BCUT2D eigenvalue weighted by Crippen LogP contribution is -2.29. The molecule has 1 aliphatic carbocycles. The number of carboxylic acids is 1. The first-order chi connectivity index (χ1) is 7.77. The third-order valence-electron chi connectivity index (χ3n) is 3.04. The van der Waals surface area contributed by atoms with Crippen molar-refractivity contribution in [2.24, 2.45) is 5.92 Å². The van der Waals surface area contributed by atoms with Gasteiger partial charge in [-0.1, -0.05) is 12.8 Å². The van der Waals surface area contributed by atoms with Gasteiger partial charge in [-0.3, -0.25) is 4.79 Å². The minimum atomic E-state index is -0.642. The molecule has 0 saturated heterocycles. The smallest absolute Gasteiger partial charge is 0.307 e. The molecule has 1 aromatic rings. The third kappa shape index (κ3) is 2.82. The highest BCUT2D eigenvalue weighted by Gasteiger charge is 2.30. The van der Waals surface area contributed by atoms with Crippen LogP contribution in [0.5, 0.6) is 0 Å². The summed E-state index contributed by atoms with van der Waals surface area (Å²) in [6.07, 6.45) is 5.70. The molecular weight excluding hydrogens is 224 g/mol. The molecule has 2 unspecified atom stereocenters. The first-order valence-electron chi connectivity index (χ1n) is 5.64. The van der Waals surface area contributed by atoms with Gasteiger partial charge in [0.15, 0.2) is 0 Å². The van der Waals surface area contributed by atoms with Gasteiger partial charge in [0.25, 0.3) is 0 Å². The lowest BCUT2D eigenvalue weighted by atomic mass is 9.89. The highest BCUT2D eigenvalue weighted by atomic mass is 32.2. The zero-order chi connectivity index (χ0) is 11.4. The van der Waals surface area contributed by atoms with Gasteiger partial charge < -0.3 is 9.52 Å². The van der Waals surface area contributed by atoms with E-state index < -0.39 is 5.97 Å². The molecule has 1 saturated carbocycles. The van der Waals surface area contributed by atoms with Crippen LogP contribution in [0.25, 0.3) is 0 Å². The Morgan fingerprint density at radius 1 is 1.50 bits per heavy atom. The van der Waals surface area contributed by atoms with Crippen LogP contribution in [0.2, 0.25) is 0 Å². The Hall–Kier alpha value is -0.900. The summed E-state index contributed by atoms with van der Waals surface area (Å²) in [4.78, 5) is 11.1. The summed E-state index contributed by atoms with van der Waals surface area (Å²) >= 11 is 1.72. The van der Waals surface area contributed by atoms with Crippen molar-refractivity contribution >= 4 is 17.7 Å². The van der Waals surface area contributed by atoms with E-state index in [0.717, 1.165) is 37.2 Å². The maximum Gasteiger partial charge on any atom is 0.307 e. The van der Waals surface area contributed by atoms with E-state index in [1.54, 1.807) is 18.0 Å². The van der Waals surface area contributed by atoms with Crippen LogP contribution in [0.15, 0.2) is 22.8 Å². The standard InChI is InChI=1S/C12H16O3S/c13-12(14)10-5-1-2-6-11(10)16-8-9-4-3-7-15-9/h3-4,7,10-11H,1-2,5-6,8H2,(H,13,14). The molecule has 88 valence electrons. The molecular formula is C12H16O3S. The lowest BCUT2D eigenvalue weighted by molar-refractivity contribution is -0.142. The Kier molecular flexibility index (Phi) is 3.93. The second kappa shape index (κ2) is 5.43. The predicted molar refractivity (Wildman–Crippen MR) is 63.4 cm³/mol. The largest absolute Gasteiger partial charge is 0.481 e. The van der Waals surface area contributed by atoms with Gasteiger partial charge in [0.2, 0.25) is 0 Å². The van der Waals surface area contributed by atoms with E-state index in [9.17, 15) is 4.79 Å². The zero-order valence-electron chi connectivity index (χ0n) is 9.09. The van der Waals surface area contributed by atoms with E-state index in [1.807, 2.05) is 12.1 Å². The fraction of sp³-hybridized carbons (Fsp3) is 0.583. The SMILES string of the molecule is O=C(O)C1CCCCC1SCc1ccco1. The number of hydrogen-bond donors (Lipinski definition) is 1. The molecule has 1 heterocycles. The number of carboxylic acid groups (broad SMARTS) is 1. The van der Waals surface area contributed by atoms with Crippen molar-refractivity contribution in [3.63, 3.8) is 0 Å². The molecule has 0 aromatic carbocycles. The van der Waals surface area contributed by atoms with Crippen molar-refractivity contribution in [2.45, 2.75) is 36.7 Å². The minimum Gasteiger partial charge on any atom is -0.481 e. The van der Waals surface area contributed by atoms with E-state index in [0.29, 0.717) is 0 Å². The monoisotopic (exact) mass is 240 g/mol. The number of thioether (sulfide) groups is 1. The number of carbonyl (C=O) groups is 1. The van der Waals surface area contributed by atoms with Crippen molar-refractivity contribution in [3.8, 4) is 0 Å². The number of furan rings is 1. The summed E-state index contributed by atoms with van der Waals surface area (Å²) in [5.74, 6) is 0.895. The van der Waals surface area contributed by atoms with Gasteiger partial charge in [0.05, 0.1) is 17.9 Å². The Labute approximate surface area is 99.2 Å². The van der Waals surface area contributed by atoms with Gasteiger partial charge in [0, 0.05) is 5.25 Å². The summed E-state index contributed by atoms with van der Waals surface area (Å²) in [6, 6.07) is 3.80. The summed E-state index contributed by atoms with van der Waals surface area (Å²) in [6.45, 7) is 0. The molecule has 4 heteroatoms. The van der Waals surface area contributed by atoms with Gasteiger partial charge in [0.1, 0.15) is 5.76 Å². The normalized spacial score (nSPS) is 25.5. The zero-order valence-corrected chi connectivity index (χ0v) is 9.91. The molecule has 1 N–H and O–H groups in total. The highest BCUT2D eigenvalue weighted by molar-refractivity contribution is 7.99. The van der Waals surface area contributed by atoms with Crippen molar-refractivity contribution in [1.82, 2.24) is 0 Å². The van der Waals surface area contributed by atoms with Gasteiger partial charge >= 0.3 is 5.97 Å². The first kappa shape index (κ1) is 11.6. The van der Waals surface area contributed by atoms with Crippen LogP contribution >= 0.6 is 11.8 Å². The Balaban J connectivity index is 1.89. The van der Waals surface area contributed by atoms with E-state index in [4.69, 9.17) is 9.52 Å². The van der Waals surface area contributed by atoms with Crippen molar-refractivity contribution in [2.75, 3.05) is 0 Å². The average Bonchev–Trinajstić information content (AvgIpc) is 2.79.